The number of rotatable bonds is 10. The second kappa shape index (κ2) is 10.3. The molecule has 2 aromatic carbocycles. The van der Waals surface area contributed by atoms with Crippen LogP contribution in [-0.4, -0.2) is 36.3 Å². The molecule has 0 aliphatic heterocycles. The van der Waals surface area contributed by atoms with E-state index in [0.29, 0.717) is 25.1 Å². The van der Waals surface area contributed by atoms with Crippen molar-refractivity contribution in [2.24, 2.45) is 0 Å². The van der Waals surface area contributed by atoms with E-state index in [-0.39, 0.29) is 0 Å². The van der Waals surface area contributed by atoms with Crippen molar-refractivity contribution in [1.82, 2.24) is 9.97 Å². The monoisotopic (exact) mass is 392 g/mol. The maximum absolute atomic E-state index is 5.78. The van der Waals surface area contributed by atoms with E-state index >= 15 is 0 Å². The van der Waals surface area contributed by atoms with Crippen LogP contribution in [0.25, 0.3) is 11.3 Å². The molecule has 3 aromatic rings. The first-order valence-corrected chi connectivity index (χ1v) is 9.89. The molecule has 0 saturated heterocycles. The fourth-order valence-electron chi connectivity index (χ4n) is 2.70. The summed E-state index contributed by atoms with van der Waals surface area (Å²) in [6, 6.07) is 19.9. The second-order valence-electron chi connectivity index (χ2n) is 6.73. The highest BCUT2D eigenvalue weighted by molar-refractivity contribution is 5.64. The molecular formula is C23H28N4O2. The molecule has 1 atom stereocenters. The summed E-state index contributed by atoms with van der Waals surface area (Å²) in [7, 11) is 1.65. The third-order valence-electron chi connectivity index (χ3n) is 4.52. The standard InChI is InChI=1S/C23H28N4O2/c1-4-17(2)25-23-26-21(18-8-6-5-7-9-18)16-22(27-23)24-14-15-29-20-12-10-19(28-3)11-13-20/h5-13,16-17H,4,14-15H2,1-3H3,(H2,24,25,26,27). The molecule has 1 heterocycles. The van der Waals surface area contributed by atoms with E-state index in [4.69, 9.17) is 9.47 Å². The van der Waals surface area contributed by atoms with Gasteiger partial charge in [0.2, 0.25) is 5.95 Å². The number of anilines is 2. The fourth-order valence-corrected chi connectivity index (χ4v) is 2.70. The third-order valence-corrected chi connectivity index (χ3v) is 4.52. The minimum absolute atomic E-state index is 0.298. The van der Waals surface area contributed by atoms with Crippen LogP contribution in [0.4, 0.5) is 11.8 Å². The minimum atomic E-state index is 0.298. The highest BCUT2D eigenvalue weighted by Gasteiger charge is 2.08. The van der Waals surface area contributed by atoms with E-state index in [1.807, 2.05) is 60.7 Å². The molecule has 0 aliphatic carbocycles. The Hall–Kier alpha value is -3.28. The number of nitrogens with zero attached hydrogens (tertiary/aromatic N) is 2. The van der Waals surface area contributed by atoms with Crippen molar-refractivity contribution in [2.45, 2.75) is 26.3 Å². The molecule has 0 aliphatic rings. The average molecular weight is 393 g/mol. The molecule has 0 amide bonds. The van der Waals surface area contributed by atoms with E-state index in [1.165, 1.54) is 0 Å². The molecule has 29 heavy (non-hydrogen) atoms. The van der Waals surface area contributed by atoms with Gasteiger partial charge < -0.3 is 20.1 Å². The molecule has 0 radical (unpaired) electrons. The van der Waals surface area contributed by atoms with Crippen LogP contribution in [0.1, 0.15) is 20.3 Å². The minimum Gasteiger partial charge on any atom is -0.497 e. The summed E-state index contributed by atoms with van der Waals surface area (Å²) in [6.45, 7) is 5.40. The Morgan fingerprint density at radius 1 is 0.966 bits per heavy atom. The summed E-state index contributed by atoms with van der Waals surface area (Å²) < 4.78 is 10.9. The van der Waals surface area contributed by atoms with Crippen LogP contribution < -0.4 is 20.1 Å². The Bertz CT molecular complexity index is 885. The number of hydrogen-bond acceptors (Lipinski definition) is 6. The van der Waals surface area contributed by atoms with Crippen molar-refractivity contribution in [3.05, 3.63) is 60.7 Å². The predicted octanol–water partition coefficient (Wildman–Crippen LogP) is 4.85. The van der Waals surface area contributed by atoms with Gasteiger partial charge in [0.05, 0.1) is 19.3 Å². The zero-order valence-corrected chi connectivity index (χ0v) is 17.2. The van der Waals surface area contributed by atoms with Crippen molar-refractivity contribution in [3.63, 3.8) is 0 Å². The van der Waals surface area contributed by atoms with Gasteiger partial charge in [0.15, 0.2) is 0 Å². The van der Waals surface area contributed by atoms with E-state index in [0.717, 1.165) is 35.0 Å². The van der Waals surface area contributed by atoms with Crippen LogP contribution in [-0.2, 0) is 0 Å². The van der Waals surface area contributed by atoms with E-state index in [2.05, 4.69) is 34.4 Å². The van der Waals surface area contributed by atoms with E-state index < -0.39 is 0 Å². The van der Waals surface area contributed by atoms with Gasteiger partial charge in [0.1, 0.15) is 23.9 Å². The number of hydrogen-bond donors (Lipinski definition) is 2. The normalized spacial score (nSPS) is 11.6. The van der Waals surface area contributed by atoms with Crippen molar-refractivity contribution in [3.8, 4) is 22.8 Å². The number of ether oxygens (including phenoxy) is 2. The van der Waals surface area contributed by atoms with Gasteiger partial charge in [0.25, 0.3) is 0 Å². The Morgan fingerprint density at radius 2 is 1.69 bits per heavy atom. The summed E-state index contributed by atoms with van der Waals surface area (Å²) in [5.74, 6) is 3.01. The van der Waals surface area contributed by atoms with Gasteiger partial charge in [-0.25, -0.2) is 4.98 Å². The van der Waals surface area contributed by atoms with Gasteiger partial charge in [-0.15, -0.1) is 0 Å². The Kier molecular flexibility index (Phi) is 7.28. The maximum Gasteiger partial charge on any atom is 0.225 e. The highest BCUT2D eigenvalue weighted by Crippen LogP contribution is 2.22. The number of aromatic nitrogens is 2. The Labute approximate surface area is 172 Å². The Morgan fingerprint density at radius 3 is 2.38 bits per heavy atom. The van der Waals surface area contributed by atoms with Gasteiger partial charge in [-0.05, 0) is 37.6 Å². The predicted molar refractivity (Wildman–Crippen MR) is 118 cm³/mol. The number of methoxy groups -OCH3 is 1. The molecule has 1 unspecified atom stereocenters. The lowest BCUT2D eigenvalue weighted by molar-refractivity contribution is 0.331. The molecule has 0 saturated carbocycles. The topological polar surface area (TPSA) is 68.3 Å². The van der Waals surface area contributed by atoms with Gasteiger partial charge in [-0.2, -0.15) is 4.98 Å². The molecule has 6 nitrogen and oxygen atoms in total. The number of benzene rings is 2. The van der Waals surface area contributed by atoms with Crippen LogP contribution in [0.2, 0.25) is 0 Å². The van der Waals surface area contributed by atoms with E-state index in [1.54, 1.807) is 7.11 Å². The smallest absolute Gasteiger partial charge is 0.225 e. The summed E-state index contributed by atoms with van der Waals surface area (Å²) in [5.41, 5.74) is 1.93. The SMILES string of the molecule is CCC(C)Nc1nc(NCCOc2ccc(OC)cc2)cc(-c2ccccc2)n1. The largest absolute Gasteiger partial charge is 0.497 e. The number of nitrogens with one attached hydrogen (secondary N) is 2. The zero-order valence-electron chi connectivity index (χ0n) is 17.2. The maximum atomic E-state index is 5.78. The molecule has 6 heteroatoms. The van der Waals surface area contributed by atoms with Crippen LogP contribution >= 0.6 is 0 Å². The lowest BCUT2D eigenvalue weighted by Gasteiger charge is -2.15. The first-order chi connectivity index (χ1) is 14.2. The van der Waals surface area contributed by atoms with E-state index in [9.17, 15) is 0 Å². The summed E-state index contributed by atoms with van der Waals surface area (Å²) in [4.78, 5) is 9.29. The van der Waals surface area contributed by atoms with Crippen molar-refractivity contribution >= 4 is 11.8 Å². The average Bonchev–Trinajstić information content (AvgIpc) is 2.77. The van der Waals surface area contributed by atoms with Crippen LogP contribution in [0, 0.1) is 0 Å². The summed E-state index contributed by atoms with van der Waals surface area (Å²) >= 11 is 0. The lowest BCUT2D eigenvalue weighted by atomic mass is 10.1. The zero-order chi connectivity index (χ0) is 20.5. The second-order valence-corrected chi connectivity index (χ2v) is 6.73. The molecule has 2 N–H and O–H groups in total. The molecule has 0 fully saturated rings. The Balaban J connectivity index is 1.65. The quantitative estimate of drug-likeness (QED) is 0.481. The van der Waals surface area contributed by atoms with Gasteiger partial charge in [-0.1, -0.05) is 37.3 Å². The van der Waals surface area contributed by atoms with Gasteiger partial charge in [-0.3, -0.25) is 0 Å². The molecule has 152 valence electrons. The molecule has 3 rings (SSSR count). The van der Waals surface area contributed by atoms with Gasteiger partial charge in [0, 0.05) is 17.7 Å². The van der Waals surface area contributed by atoms with Crippen LogP contribution in [0.3, 0.4) is 0 Å². The summed E-state index contributed by atoms with van der Waals surface area (Å²) in [5, 5.41) is 6.70. The fraction of sp³-hybridized carbons (Fsp3) is 0.304. The van der Waals surface area contributed by atoms with Crippen LogP contribution in [0.15, 0.2) is 60.7 Å². The summed E-state index contributed by atoms with van der Waals surface area (Å²) in [6.07, 6.45) is 0.997. The first kappa shape index (κ1) is 20.5. The molecular weight excluding hydrogens is 364 g/mol. The molecule has 1 aromatic heterocycles. The van der Waals surface area contributed by atoms with Crippen molar-refractivity contribution in [1.29, 1.82) is 0 Å². The van der Waals surface area contributed by atoms with Gasteiger partial charge >= 0.3 is 0 Å². The molecule has 0 spiro atoms. The van der Waals surface area contributed by atoms with Crippen molar-refractivity contribution in [2.75, 3.05) is 30.9 Å². The lowest BCUT2D eigenvalue weighted by Crippen LogP contribution is -2.17. The van der Waals surface area contributed by atoms with Crippen LogP contribution in [0.5, 0.6) is 11.5 Å². The third kappa shape index (κ3) is 6.10. The highest BCUT2D eigenvalue weighted by atomic mass is 16.5. The molecule has 0 bridgehead atoms. The van der Waals surface area contributed by atoms with Crippen molar-refractivity contribution < 1.29 is 9.47 Å². The first-order valence-electron chi connectivity index (χ1n) is 9.89.